The smallest absolute Gasteiger partial charge is 0.270 e. The van der Waals surface area contributed by atoms with Gasteiger partial charge in [0.25, 0.3) is 5.91 Å². The van der Waals surface area contributed by atoms with Gasteiger partial charge in [0, 0.05) is 17.8 Å². The van der Waals surface area contributed by atoms with Gasteiger partial charge in [-0.25, -0.2) is 4.52 Å². The molecule has 0 spiro atoms. The predicted molar refractivity (Wildman–Crippen MR) is 125 cm³/mol. The Morgan fingerprint density at radius 3 is 2.56 bits per heavy atom. The van der Waals surface area contributed by atoms with E-state index in [2.05, 4.69) is 46.5 Å². The fraction of sp³-hybridized carbons (Fsp3) is 0.333. The van der Waals surface area contributed by atoms with E-state index in [-0.39, 0.29) is 23.9 Å². The predicted octanol–water partition coefficient (Wildman–Crippen LogP) is 3.95. The molecule has 8 heteroatoms. The van der Waals surface area contributed by atoms with E-state index in [0.29, 0.717) is 17.3 Å². The van der Waals surface area contributed by atoms with Gasteiger partial charge < -0.3 is 11.1 Å². The summed E-state index contributed by atoms with van der Waals surface area (Å²) < 4.78 is 3.47. The molecule has 3 heterocycles. The lowest BCUT2D eigenvalue weighted by atomic mass is 9.96. The number of nitrogens with one attached hydrogen (secondary N) is 1. The highest BCUT2D eigenvalue weighted by Gasteiger charge is 2.21. The number of rotatable bonds is 7. The van der Waals surface area contributed by atoms with E-state index in [9.17, 15) is 4.79 Å². The Morgan fingerprint density at radius 1 is 1.12 bits per heavy atom. The largest absolute Gasteiger partial charge is 0.366 e. The summed E-state index contributed by atoms with van der Waals surface area (Å²) in [6.45, 7) is 8.35. The first-order valence-corrected chi connectivity index (χ1v) is 10.9. The van der Waals surface area contributed by atoms with E-state index in [1.54, 1.807) is 0 Å². The molecule has 3 aromatic heterocycles. The third-order valence-corrected chi connectivity index (χ3v) is 5.67. The molecule has 0 bridgehead atoms. The lowest BCUT2D eigenvalue weighted by molar-refractivity contribution is 0.0932. The van der Waals surface area contributed by atoms with Crippen LogP contribution in [0.2, 0.25) is 0 Å². The highest BCUT2D eigenvalue weighted by atomic mass is 16.2. The number of hydrogen-bond acceptors (Lipinski definition) is 5. The second-order valence-corrected chi connectivity index (χ2v) is 8.46. The van der Waals surface area contributed by atoms with E-state index in [0.717, 1.165) is 17.5 Å². The number of benzene rings is 1. The number of amides is 1. The molecule has 0 aliphatic carbocycles. The fourth-order valence-electron chi connectivity index (χ4n) is 3.86. The highest BCUT2D eigenvalue weighted by Crippen LogP contribution is 2.29. The summed E-state index contributed by atoms with van der Waals surface area (Å²) in [7, 11) is 0. The molecular formula is C24H29N7O. The maximum Gasteiger partial charge on any atom is 0.270 e. The molecule has 4 aromatic rings. The van der Waals surface area contributed by atoms with E-state index < -0.39 is 0 Å². The molecule has 0 saturated carbocycles. The van der Waals surface area contributed by atoms with Crippen LogP contribution >= 0.6 is 0 Å². The van der Waals surface area contributed by atoms with Crippen LogP contribution in [0.3, 0.4) is 0 Å². The van der Waals surface area contributed by atoms with Crippen LogP contribution in [0.5, 0.6) is 0 Å². The van der Waals surface area contributed by atoms with Gasteiger partial charge in [-0.05, 0) is 42.5 Å². The maximum atomic E-state index is 12.9. The summed E-state index contributed by atoms with van der Waals surface area (Å²) in [6, 6.07) is 14.2. The number of carbonyl (C=O) groups excluding carboxylic acids is 1. The minimum Gasteiger partial charge on any atom is -0.366 e. The van der Waals surface area contributed by atoms with Crippen molar-refractivity contribution in [1.82, 2.24) is 29.7 Å². The van der Waals surface area contributed by atoms with Crippen LogP contribution in [0.1, 0.15) is 56.2 Å². The maximum absolute atomic E-state index is 12.9. The lowest BCUT2D eigenvalue weighted by Gasteiger charge is -2.22. The molecule has 0 radical (unpaired) electrons. The van der Waals surface area contributed by atoms with Crippen molar-refractivity contribution in [1.29, 1.82) is 0 Å². The van der Waals surface area contributed by atoms with Gasteiger partial charge in [0.2, 0.25) is 5.95 Å². The zero-order valence-corrected chi connectivity index (χ0v) is 18.9. The summed E-state index contributed by atoms with van der Waals surface area (Å²) >= 11 is 0. The summed E-state index contributed by atoms with van der Waals surface area (Å²) in [5, 5.41) is 11.9. The van der Waals surface area contributed by atoms with Crippen LogP contribution in [0, 0.1) is 5.92 Å². The fourth-order valence-corrected chi connectivity index (χ4v) is 3.86. The number of nitrogens with zero attached hydrogens (tertiary/aromatic N) is 5. The molecule has 1 aromatic carbocycles. The highest BCUT2D eigenvalue weighted by molar-refractivity contribution is 5.95. The second kappa shape index (κ2) is 8.82. The molecule has 0 aliphatic rings. The average molecular weight is 432 g/mol. The van der Waals surface area contributed by atoms with Gasteiger partial charge in [-0.3, -0.25) is 9.48 Å². The van der Waals surface area contributed by atoms with E-state index >= 15 is 0 Å². The number of pyridine rings is 1. The first-order valence-electron chi connectivity index (χ1n) is 10.9. The van der Waals surface area contributed by atoms with Crippen molar-refractivity contribution in [2.24, 2.45) is 5.92 Å². The number of carbonyl (C=O) groups is 1. The minimum absolute atomic E-state index is 0.0440. The van der Waals surface area contributed by atoms with Crippen molar-refractivity contribution in [3.05, 3.63) is 66.1 Å². The van der Waals surface area contributed by atoms with Crippen molar-refractivity contribution in [2.75, 3.05) is 5.73 Å². The minimum atomic E-state index is -0.215. The van der Waals surface area contributed by atoms with Crippen LogP contribution in [0.4, 0.5) is 5.95 Å². The second-order valence-electron chi connectivity index (χ2n) is 8.46. The van der Waals surface area contributed by atoms with Crippen molar-refractivity contribution in [3.8, 4) is 11.1 Å². The van der Waals surface area contributed by atoms with Gasteiger partial charge in [0.1, 0.15) is 5.69 Å². The number of anilines is 1. The normalized spacial score (nSPS) is 13.4. The number of aromatic nitrogens is 5. The van der Waals surface area contributed by atoms with Crippen LogP contribution in [0.15, 0.2) is 54.9 Å². The number of nitrogens with two attached hydrogens (primary N) is 1. The third kappa shape index (κ3) is 4.21. The quantitative estimate of drug-likeness (QED) is 0.461. The Bertz CT molecular complexity index is 1230. The number of nitrogen functional groups attached to an aromatic ring is 1. The van der Waals surface area contributed by atoms with E-state index in [4.69, 9.17) is 5.73 Å². The molecule has 166 valence electrons. The Balaban J connectivity index is 1.76. The molecule has 0 saturated heterocycles. The Hall–Kier alpha value is -3.68. The Labute approximate surface area is 187 Å². The summed E-state index contributed by atoms with van der Waals surface area (Å²) in [5.74, 6) is 0.257. The SMILES string of the molecule is CC[C@H](C)NC(=O)c1cc(-c2cnn(C(c3ccccc3)C(C)C)c2)cc2nc(N)nn12. The van der Waals surface area contributed by atoms with Gasteiger partial charge in [0.15, 0.2) is 5.65 Å². The molecule has 1 amide bonds. The molecule has 1 unspecified atom stereocenters. The van der Waals surface area contributed by atoms with Crippen molar-refractivity contribution >= 4 is 17.5 Å². The summed E-state index contributed by atoms with van der Waals surface area (Å²) in [5.41, 5.74) is 9.66. The van der Waals surface area contributed by atoms with E-state index in [1.807, 2.05) is 61.3 Å². The van der Waals surface area contributed by atoms with Crippen LogP contribution < -0.4 is 11.1 Å². The lowest BCUT2D eigenvalue weighted by Crippen LogP contribution is -2.33. The van der Waals surface area contributed by atoms with Crippen LogP contribution in [-0.4, -0.2) is 36.3 Å². The molecule has 0 fully saturated rings. The monoisotopic (exact) mass is 431 g/mol. The Morgan fingerprint density at radius 2 is 1.88 bits per heavy atom. The first kappa shape index (κ1) is 21.5. The summed E-state index contributed by atoms with van der Waals surface area (Å²) in [4.78, 5) is 17.2. The van der Waals surface area contributed by atoms with Crippen molar-refractivity contribution in [2.45, 2.75) is 46.2 Å². The number of fused-ring (bicyclic) bond motifs is 1. The molecule has 32 heavy (non-hydrogen) atoms. The number of hydrogen-bond donors (Lipinski definition) is 2. The van der Waals surface area contributed by atoms with Gasteiger partial charge in [-0.1, -0.05) is 51.1 Å². The molecule has 4 rings (SSSR count). The molecule has 8 nitrogen and oxygen atoms in total. The molecule has 2 atom stereocenters. The van der Waals surface area contributed by atoms with Crippen molar-refractivity contribution < 1.29 is 4.79 Å². The molecule has 0 aliphatic heterocycles. The third-order valence-electron chi connectivity index (χ3n) is 5.67. The topological polar surface area (TPSA) is 103 Å². The first-order chi connectivity index (χ1) is 15.4. The Kier molecular flexibility index (Phi) is 5.94. The van der Waals surface area contributed by atoms with Crippen molar-refractivity contribution in [3.63, 3.8) is 0 Å². The zero-order chi connectivity index (χ0) is 22.8. The van der Waals surface area contributed by atoms with Gasteiger partial charge in [0.05, 0.1) is 12.2 Å². The van der Waals surface area contributed by atoms with Gasteiger partial charge in [-0.15, -0.1) is 5.10 Å². The van der Waals surface area contributed by atoms with Crippen LogP contribution in [-0.2, 0) is 0 Å². The average Bonchev–Trinajstić information content (AvgIpc) is 3.39. The molecular weight excluding hydrogens is 402 g/mol. The van der Waals surface area contributed by atoms with E-state index in [1.165, 1.54) is 10.1 Å². The molecule has 3 N–H and O–H groups in total. The zero-order valence-electron chi connectivity index (χ0n) is 18.9. The standard InChI is InChI=1S/C24H29N7O/c1-5-16(4)27-23(32)20-11-18(12-21-28-24(25)29-31(20)21)19-13-26-30(14-19)22(15(2)3)17-9-7-6-8-10-17/h6-16,22H,5H2,1-4H3,(H2,25,29)(H,27,32)/t16-,22?/m0/s1. The van der Waals surface area contributed by atoms with Crippen LogP contribution in [0.25, 0.3) is 16.8 Å². The summed E-state index contributed by atoms with van der Waals surface area (Å²) in [6.07, 6.45) is 4.66. The van der Waals surface area contributed by atoms with Gasteiger partial charge in [-0.2, -0.15) is 10.1 Å². The van der Waals surface area contributed by atoms with Gasteiger partial charge >= 0.3 is 0 Å².